The first-order chi connectivity index (χ1) is 20.0. The molecule has 0 aliphatic rings. The van der Waals surface area contributed by atoms with Crippen molar-refractivity contribution < 1.29 is 18.0 Å². The molecule has 0 aliphatic carbocycles. The maximum absolute atomic E-state index is 13.0. The fraction of sp³-hybridized carbons (Fsp3) is 0.333. The van der Waals surface area contributed by atoms with Gasteiger partial charge in [0.25, 0.3) is 5.91 Å². The summed E-state index contributed by atoms with van der Waals surface area (Å²) >= 11 is 2.50. The number of hydrogen-bond donors (Lipinski definition) is 2. The number of benzene rings is 2. The number of hydrogen-bond acceptors (Lipinski definition) is 10. The highest BCUT2D eigenvalue weighted by Gasteiger charge is 2.22. The van der Waals surface area contributed by atoms with Gasteiger partial charge in [-0.15, -0.1) is 20.4 Å². The van der Waals surface area contributed by atoms with E-state index in [1.54, 1.807) is 13.8 Å². The van der Waals surface area contributed by atoms with E-state index in [1.807, 2.05) is 43.5 Å². The number of sulfonamides is 1. The Morgan fingerprint density at radius 1 is 0.976 bits per heavy atom. The van der Waals surface area contributed by atoms with Crippen LogP contribution in [0.4, 0.5) is 5.13 Å². The molecule has 222 valence electrons. The van der Waals surface area contributed by atoms with Gasteiger partial charge in [0.05, 0.1) is 22.9 Å². The molecule has 0 saturated heterocycles. The van der Waals surface area contributed by atoms with Crippen LogP contribution in [0.5, 0.6) is 0 Å². The maximum Gasteiger partial charge on any atom is 0.251 e. The molecule has 0 atom stereocenters. The third-order valence-corrected chi connectivity index (χ3v) is 10.0. The van der Waals surface area contributed by atoms with Gasteiger partial charge in [-0.25, -0.2) is 8.42 Å². The summed E-state index contributed by atoms with van der Waals surface area (Å²) in [7, 11) is -3.63. The van der Waals surface area contributed by atoms with Crippen LogP contribution in [-0.4, -0.2) is 68.3 Å². The highest BCUT2D eigenvalue weighted by molar-refractivity contribution is 7.99. The molecule has 4 rings (SSSR count). The van der Waals surface area contributed by atoms with Crippen molar-refractivity contribution in [1.29, 1.82) is 0 Å². The van der Waals surface area contributed by atoms with Gasteiger partial charge in [0.2, 0.25) is 21.1 Å². The Morgan fingerprint density at radius 3 is 2.33 bits per heavy atom. The predicted molar refractivity (Wildman–Crippen MR) is 163 cm³/mol. The van der Waals surface area contributed by atoms with E-state index in [2.05, 4.69) is 31.0 Å². The number of anilines is 1. The van der Waals surface area contributed by atoms with E-state index in [-0.39, 0.29) is 23.1 Å². The molecule has 42 heavy (non-hydrogen) atoms. The van der Waals surface area contributed by atoms with Gasteiger partial charge < -0.3 is 5.32 Å². The summed E-state index contributed by atoms with van der Waals surface area (Å²) in [4.78, 5) is 25.7. The molecule has 4 aromatic rings. The van der Waals surface area contributed by atoms with E-state index in [1.165, 1.54) is 51.7 Å². The third-order valence-electron chi connectivity index (χ3n) is 6.28. The Morgan fingerprint density at radius 2 is 1.69 bits per heavy atom. The zero-order valence-corrected chi connectivity index (χ0v) is 26.4. The van der Waals surface area contributed by atoms with Crippen LogP contribution < -0.4 is 10.6 Å². The summed E-state index contributed by atoms with van der Waals surface area (Å²) in [6, 6.07) is 11.8. The summed E-state index contributed by atoms with van der Waals surface area (Å²) in [5.41, 5.74) is 3.13. The molecule has 0 spiro atoms. The number of amides is 2. The monoisotopic (exact) mass is 628 g/mol. The van der Waals surface area contributed by atoms with Gasteiger partial charge in [-0.3, -0.25) is 19.5 Å². The van der Waals surface area contributed by atoms with E-state index in [4.69, 9.17) is 0 Å². The number of nitrogens with one attached hydrogen (secondary N) is 2. The van der Waals surface area contributed by atoms with Crippen molar-refractivity contribution >= 4 is 50.1 Å². The fourth-order valence-electron chi connectivity index (χ4n) is 4.10. The Kier molecular flexibility index (Phi) is 10.1. The standard InChI is InChI=1S/C27H32N8O4S3/c1-6-34(7-2)42(38,39)21-12-10-20(11-13-21)25(37)28-15-23-31-33-27(35(23)22-14-17(3)8-9-18(22)4)40-16-24(36)29-26-32-30-19(5)41-26/h8-14H,6-7,15-16H2,1-5H3,(H,28,37)(H,29,32,36). The zero-order valence-electron chi connectivity index (χ0n) is 23.9. The minimum absolute atomic E-state index is 0.0511. The number of nitrogens with zero attached hydrogens (tertiary/aromatic N) is 6. The second-order valence-corrected chi connectivity index (χ2v) is 13.3. The van der Waals surface area contributed by atoms with Crippen LogP contribution in [0.25, 0.3) is 5.69 Å². The lowest BCUT2D eigenvalue weighted by molar-refractivity contribution is -0.113. The van der Waals surface area contributed by atoms with Gasteiger partial charge >= 0.3 is 0 Å². The van der Waals surface area contributed by atoms with Crippen molar-refractivity contribution in [1.82, 2.24) is 34.6 Å². The van der Waals surface area contributed by atoms with Crippen molar-refractivity contribution in [2.75, 3.05) is 24.2 Å². The first-order valence-electron chi connectivity index (χ1n) is 13.2. The molecule has 0 radical (unpaired) electrons. The number of thioether (sulfide) groups is 1. The van der Waals surface area contributed by atoms with E-state index in [9.17, 15) is 18.0 Å². The molecule has 2 amide bonds. The van der Waals surface area contributed by atoms with Gasteiger partial charge in [0.15, 0.2) is 11.0 Å². The second kappa shape index (κ2) is 13.5. The summed E-state index contributed by atoms with van der Waals surface area (Å²) in [5, 5.41) is 23.7. The average Bonchev–Trinajstić information content (AvgIpc) is 3.57. The Balaban J connectivity index is 1.52. The molecule has 0 fully saturated rings. The van der Waals surface area contributed by atoms with Gasteiger partial charge in [0.1, 0.15) is 5.01 Å². The van der Waals surface area contributed by atoms with E-state index >= 15 is 0 Å². The van der Waals surface area contributed by atoms with Crippen LogP contribution in [-0.2, 0) is 21.4 Å². The number of carbonyl (C=O) groups excluding carboxylic acids is 2. The highest BCUT2D eigenvalue weighted by atomic mass is 32.2. The third kappa shape index (κ3) is 7.21. The topological polar surface area (TPSA) is 152 Å². The van der Waals surface area contributed by atoms with Crippen molar-refractivity contribution in [3.63, 3.8) is 0 Å². The van der Waals surface area contributed by atoms with Crippen LogP contribution in [0.2, 0.25) is 0 Å². The lowest BCUT2D eigenvalue weighted by atomic mass is 10.1. The van der Waals surface area contributed by atoms with Crippen LogP contribution in [0.3, 0.4) is 0 Å². The lowest BCUT2D eigenvalue weighted by Crippen LogP contribution is -2.30. The highest BCUT2D eigenvalue weighted by Crippen LogP contribution is 2.26. The Hall–Kier alpha value is -3.66. The molecular weight excluding hydrogens is 597 g/mol. The summed E-state index contributed by atoms with van der Waals surface area (Å²) in [6.07, 6.45) is 0. The van der Waals surface area contributed by atoms with Crippen molar-refractivity contribution in [2.45, 2.75) is 51.2 Å². The van der Waals surface area contributed by atoms with Crippen LogP contribution >= 0.6 is 23.1 Å². The normalized spacial score (nSPS) is 11.6. The summed E-state index contributed by atoms with van der Waals surface area (Å²) in [6.45, 7) is 10.1. The van der Waals surface area contributed by atoms with E-state index < -0.39 is 15.9 Å². The molecule has 0 aliphatic heterocycles. The lowest BCUT2D eigenvalue weighted by Gasteiger charge is -2.18. The second-order valence-electron chi connectivity index (χ2n) is 9.28. The summed E-state index contributed by atoms with van der Waals surface area (Å²) < 4.78 is 28.7. The SMILES string of the molecule is CCN(CC)S(=O)(=O)c1ccc(C(=O)NCc2nnc(SCC(=O)Nc3nnc(C)s3)n2-c2cc(C)ccc2C)cc1. The quantitative estimate of drug-likeness (QED) is 0.224. The largest absolute Gasteiger partial charge is 0.345 e. The predicted octanol–water partition coefficient (Wildman–Crippen LogP) is 3.74. The molecule has 2 heterocycles. The Labute approximate surface area is 253 Å². The molecule has 0 saturated carbocycles. The molecule has 0 unspecified atom stereocenters. The van der Waals surface area contributed by atoms with Gasteiger partial charge in [-0.05, 0) is 62.2 Å². The van der Waals surface area contributed by atoms with E-state index in [0.717, 1.165) is 21.8 Å². The average molecular weight is 629 g/mol. The van der Waals surface area contributed by atoms with Crippen molar-refractivity contribution in [3.8, 4) is 5.69 Å². The Bertz CT molecular complexity index is 1680. The van der Waals surface area contributed by atoms with Gasteiger partial charge in [-0.2, -0.15) is 4.31 Å². The van der Waals surface area contributed by atoms with Crippen LogP contribution in [0.1, 0.15) is 46.2 Å². The minimum atomic E-state index is -3.63. The smallest absolute Gasteiger partial charge is 0.251 e. The van der Waals surface area contributed by atoms with Crippen LogP contribution in [0.15, 0.2) is 52.5 Å². The number of aryl methyl sites for hydroxylation is 3. The first kappa shape index (κ1) is 31.3. The van der Waals surface area contributed by atoms with Crippen molar-refractivity contribution in [3.05, 3.63) is 70.0 Å². The molecule has 15 heteroatoms. The molecule has 2 aromatic carbocycles. The summed E-state index contributed by atoms with van der Waals surface area (Å²) in [5.74, 6) is -0.108. The van der Waals surface area contributed by atoms with Gasteiger partial charge in [-0.1, -0.05) is 49.1 Å². The van der Waals surface area contributed by atoms with Gasteiger partial charge in [0, 0.05) is 18.7 Å². The maximum atomic E-state index is 13.0. The minimum Gasteiger partial charge on any atom is -0.345 e. The number of aromatic nitrogens is 5. The molecule has 2 N–H and O–H groups in total. The first-order valence-corrected chi connectivity index (χ1v) is 16.4. The molecule has 12 nitrogen and oxygen atoms in total. The molecule has 2 aromatic heterocycles. The fourth-order valence-corrected chi connectivity index (χ4v) is 6.93. The van der Waals surface area contributed by atoms with Crippen molar-refractivity contribution in [2.24, 2.45) is 0 Å². The van der Waals surface area contributed by atoms with Crippen LogP contribution in [0, 0.1) is 20.8 Å². The zero-order chi connectivity index (χ0) is 30.4. The van der Waals surface area contributed by atoms with E-state index in [0.29, 0.717) is 34.8 Å². The molecule has 0 bridgehead atoms. The number of carbonyl (C=O) groups is 2. The molecular formula is C27H32N8O4S3. The number of rotatable bonds is 12.